The Morgan fingerprint density at radius 2 is 0.528 bits per heavy atom. The van der Waals surface area contributed by atoms with Gasteiger partial charge in [-0.2, -0.15) is 0 Å². The number of hydrogen-bond acceptors (Lipinski definition) is 0. The van der Waals surface area contributed by atoms with Gasteiger partial charge in [0, 0.05) is 18.3 Å². The first-order valence-electron chi connectivity index (χ1n) is 12.0. The summed E-state index contributed by atoms with van der Waals surface area (Å²) < 4.78 is 2.61. The predicted octanol–water partition coefficient (Wildman–Crippen LogP) is 10.8. The van der Waals surface area contributed by atoms with Gasteiger partial charge in [0.1, 0.15) is 0 Å². The fourth-order valence-electron chi connectivity index (χ4n) is 5.56. The smallest absolute Gasteiger partial charge is 0.0293 e. The zero-order chi connectivity index (χ0) is 24.2. The second kappa shape index (κ2) is 8.86. The highest BCUT2D eigenvalue weighted by Crippen LogP contribution is 2.42. The van der Waals surface area contributed by atoms with Crippen LogP contribution in [0.4, 0.5) is 0 Å². The molecule has 36 heavy (non-hydrogen) atoms. The molecule has 7 aromatic carbocycles. The van der Waals surface area contributed by atoms with E-state index in [4.69, 9.17) is 0 Å². The van der Waals surface area contributed by atoms with Crippen LogP contribution in [0.5, 0.6) is 0 Å². The van der Waals surface area contributed by atoms with E-state index in [0.29, 0.717) is 0 Å². The summed E-state index contributed by atoms with van der Waals surface area (Å²) >= 11 is 5.07. The van der Waals surface area contributed by atoms with E-state index in [1.54, 1.807) is 0 Å². The van der Waals surface area contributed by atoms with Gasteiger partial charge in [0.05, 0.1) is 0 Å². The topological polar surface area (TPSA) is 0 Å². The normalized spacial score (nSPS) is 11.6. The molecule has 0 nitrogen and oxygen atoms in total. The zero-order valence-electron chi connectivity index (χ0n) is 19.3. The molecule has 0 unspecified atom stereocenters. The third kappa shape index (κ3) is 3.38. The van der Waals surface area contributed by atoms with Crippen LogP contribution in [0.2, 0.25) is 0 Å². The van der Waals surface area contributed by atoms with Crippen molar-refractivity contribution in [2.24, 2.45) is 0 Å². The maximum atomic E-state index is 2.54. The van der Waals surface area contributed by atoms with E-state index in [-0.39, 0.29) is 0 Å². The monoisotopic (exact) mass is 682 g/mol. The third-order valence-corrected chi connectivity index (χ3v) is 9.44. The van der Waals surface area contributed by atoms with Crippen LogP contribution >= 0.6 is 45.2 Å². The summed E-state index contributed by atoms with van der Waals surface area (Å²) in [6, 6.07) is 44.3. The van der Waals surface area contributed by atoms with Crippen molar-refractivity contribution in [3.05, 3.63) is 128 Å². The van der Waals surface area contributed by atoms with Crippen molar-refractivity contribution in [1.29, 1.82) is 0 Å². The van der Waals surface area contributed by atoms with Crippen molar-refractivity contribution in [2.45, 2.75) is 0 Å². The molecule has 7 rings (SSSR count). The lowest BCUT2D eigenvalue weighted by Crippen LogP contribution is -1.92. The molecule has 170 valence electrons. The van der Waals surface area contributed by atoms with Crippen molar-refractivity contribution in [1.82, 2.24) is 0 Å². The van der Waals surface area contributed by atoms with Crippen LogP contribution in [0, 0.1) is 7.14 Å². The first-order chi connectivity index (χ1) is 17.7. The molecule has 0 heterocycles. The Labute approximate surface area is 237 Å². The Bertz CT molecular complexity index is 1810. The number of hydrogen-bond donors (Lipinski definition) is 0. The minimum atomic E-state index is 1.25. The van der Waals surface area contributed by atoms with Gasteiger partial charge in [-0.3, -0.25) is 0 Å². The van der Waals surface area contributed by atoms with Gasteiger partial charge >= 0.3 is 0 Å². The van der Waals surface area contributed by atoms with Gasteiger partial charge in [-0.25, -0.2) is 0 Å². The molecule has 0 aliphatic heterocycles. The fourth-order valence-corrected chi connectivity index (χ4v) is 7.71. The lowest BCUT2D eigenvalue weighted by Gasteiger charge is -2.16. The Balaban J connectivity index is 1.47. The van der Waals surface area contributed by atoms with Gasteiger partial charge in [-0.15, -0.1) is 0 Å². The molecule has 7 aromatic rings. The molecule has 0 fully saturated rings. The van der Waals surface area contributed by atoms with E-state index < -0.39 is 0 Å². The highest BCUT2D eigenvalue weighted by atomic mass is 127. The summed E-state index contributed by atoms with van der Waals surface area (Å²) in [7, 11) is 0. The van der Waals surface area contributed by atoms with E-state index in [0.717, 1.165) is 0 Å². The molecule has 0 amide bonds. The lowest BCUT2D eigenvalue weighted by atomic mass is 9.90. The number of halogens is 2. The molecule has 0 N–H and O–H groups in total. The molecule has 0 spiro atoms. The van der Waals surface area contributed by atoms with Crippen LogP contribution in [0.3, 0.4) is 0 Å². The van der Waals surface area contributed by atoms with Crippen LogP contribution < -0.4 is 0 Å². The van der Waals surface area contributed by atoms with Crippen LogP contribution in [0.25, 0.3) is 65.3 Å². The average molecular weight is 682 g/mol. The number of rotatable bonds is 2. The van der Waals surface area contributed by atoms with E-state index in [1.807, 2.05) is 0 Å². The van der Waals surface area contributed by atoms with Gasteiger partial charge in [0.2, 0.25) is 0 Å². The Morgan fingerprint density at radius 3 is 0.861 bits per heavy atom. The highest BCUT2D eigenvalue weighted by molar-refractivity contribution is 14.1. The Hall–Kier alpha value is -2.96. The summed E-state index contributed by atoms with van der Waals surface area (Å²) in [6.07, 6.45) is 0. The minimum Gasteiger partial charge on any atom is -0.0616 e. The van der Waals surface area contributed by atoms with Crippen molar-refractivity contribution in [3.63, 3.8) is 0 Å². The third-order valence-electron chi connectivity index (χ3n) is 7.20. The molecule has 0 radical (unpaired) electrons. The van der Waals surface area contributed by atoms with Gasteiger partial charge in [0.15, 0.2) is 0 Å². The molecular weight excluding hydrogens is 662 g/mol. The van der Waals surface area contributed by atoms with Crippen LogP contribution in [0.15, 0.2) is 121 Å². The predicted molar refractivity (Wildman–Crippen MR) is 173 cm³/mol. The molecule has 0 aliphatic carbocycles. The molecule has 0 saturated carbocycles. The van der Waals surface area contributed by atoms with Crippen molar-refractivity contribution in [2.75, 3.05) is 0 Å². The number of fused-ring (bicyclic) bond motifs is 6. The molecule has 0 saturated heterocycles. The van der Waals surface area contributed by atoms with E-state index >= 15 is 0 Å². The number of benzene rings is 7. The maximum absolute atomic E-state index is 2.54. The SMILES string of the molecule is Ic1c(-c2ccc(-c3c(I)c4ccccc4c4ccccc34)cc2)c2ccccc2c2ccccc12. The lowest BCUT2D eigenvalue weighted by molar-refractivity contribution is 1.61. The molecule has 0 bridgehead atoms. The second-order valence-corrected chi connectivity index (χ2v) is 11.3. The van der Waals surface area contributed by atoms with Crippen LogP contribution in [-0.2, 0) is 0 Å². The first-order valence-corrected chi connectivity index (χ1v) is 14.2. The van der Waals surface area contributed by atoms with E-state index in [9.17, 15) is 0 Å². The zero-order valence-corrected chi connectivity index (χ0v) is 23.6. The fraction of sp³-hybridized carbons (Fsp3) is 0. The van der Waals surface area contributed by atoms with Gasteiger partial charge < -0.3 is 0 Å². The minimum absolute atomic E-state index is 1.25. The summed E-state index contributed by atoms with van der Waals surface area (Å²) in [5, 5.41) is 10.5. The first kappa shape index (κ1) is 22.3. The molecule has 2 heteroatoms. The van der Waals surface area contributed by atoms with Crippen LogP contribution in [-0.4, -0.2) is 0 Å². The molecule has 0 atom stereocenters. The second-order valence-electron chi connectivity index (χ2n) is 9.14. The van der Waals surface area contributed by atoms with Gasteiger partial charge in [0.25, 0.3) is 0 Å². The van der Waals surface area contributed by atoms with Crippen LogP contribution in [0.1, 0.15) is 0 Å². The maximum Gasteiger partial charge on any atom is 0.0293 e. The molecule has 0 aliphatic rings. The highest BCUT2D eigenvalue weighted by Gasteiger charge is 2.16. The Kier molecular flexibility index (Phi) is 5.47. The largest absolute Gasteiger partial charge is 0.0616 e. The van der Waals surface area contributed by atoms with Gasteiger partial charge in [-0.05, 0) is 99.4 Å². The van der Waals surface area contributed by atoms with Crippen molar-refractivity contribution < 1.29 is 0 Å². The van der Waals surface area contributed by atoms with Crippen molar-refractivity contribution in [3.8, 4) is 22.3 Å². The van der Waals surface area contributed by atoms with Gasteiger partial charge in [-0.1, -0.05) is 121 Å². The standard InChI is InChI=1S/C34H20I2/c35-33-29-15-7-3-11-25(29)23-9-1-5-13-27(23)31(33)21-17-19-22(20-18-21)32-28-14-6-2-10-24(28)26-12-4-8-16-30(26)34(32)36/h1-20H. The summed E-state index contributed by atoms with van der Waals surface area (Å²) in [5.41, 5.74) is 5.14. The molecular formula is C34H20I2. The molecule has 0 aromatic heterocycles. The van der Waals surface area contributed by atoms with E-state index in [1.165, 1.54) is 72.5 Å². The summed E-state index contributed by atoms with van der Waals surface area (Å²) in [6.45, 7) is 0. The quantitative estimate of drug-likeness (QED) is 0.126. The van der Waals surface area contributed by atoms with Crippen molar-refractivity contribution >= 4 is 88.3 Å². The summed E-state index contributed by atoms with van der Waals surface area (Å²) in [5.74, 6) is 0. The summed E-state index contributed by atoms with van der Waals surface area (Å²) in [4.78, 5) is 0. The average Bonchev–Trinajstić information content (AvgIpc) is 2.94. The van der Waals surface area contributed by atoms with E-state index in [2.05, 4.69) is 167 Å². The Morgan fingerprint density at radius 1 is 0.278 bits per heavy atom.